The van der Waals surface area contributed by atoms with Gasteiger partial charge in [-0.2, -0.15) is 0 Å². The number of nitrogens with one attached hydrogen (secondary N) is 2. The van der Waals surface area contributed by atoms with Gasteiger partial charge in [-0.1, -0.05) is 0 Å². The Bertz CT molecular complexity index is 428. The SMILES string of the molecule is Cc1nc(C(=O)c2n[nH]c(C)n2)n[nH]1. The molecule has 0 aromatic carbocycles. The summed E-state index contributed by atoms with van der Waals surface area (Å²) in [6, 6.07) is 0. The van der Waals surface area contributed by atoms with Gasteiger partial charge in [0.25, 0.3) is 5.78 Å². The Kier molecular flexibility index (Phi) is 1.84. The van der Waals surface area contributed by atoms with Gasteiger partial charge in [0.1, 0.15) is 11.6 Å². The standard InChI is InChI=1S/C7H8N6O/c1-3-8-6(12-10-3)5(14)7-9-4(2)11-13-7/h1-2H3,(H,8,10,12)(H,9,11,13). The number of aromatic amines is 2. The Morgan fingerprint density at radius 1 is 1.00 bits per heavy atom. The molecule has 0 fully saturated rings. The first kappa shape index (κ1) is 8.54. The van der Waals surface area contributed by atoms with E-state index in [-0.39, 0.29) is 11.6 Å². The van der Waals surface area contributed by atoms with E-state index in [1.807, 2.05) is 0 Å². The Labute approximate surface area is 79.0 Å². The summed E-state index contributed by atoms with van der Waals surface area (Å²) in [4.78, 5) is 19.4. The molecule has 0 atom stereocenters. The molecule has 0 aliphatic carbocycles. The van der Waals surface area contributed by atoms with Crippen molar-refractivity contribution in [1.29, 1.82) is 0 Å². The smallest absolute Gasteiger partial charge is 0.271 e. The average molecular weight is 192 g/mol. The zero-order valence-corrected chi connectivity index (χ0v) is 7.70. The monoisotopic (exact) mass is 192 g/mol. The van der Waals surface area contributed by atoms with Crippen LogP contribution < -0.4 is 0 Å². The van der Waals surface area contributed by atoms with Crippen molar-refractivity contribution in [1.82, 2.24) is 30.4 Å². The van der Waals surface area contributed by atoms with E-state index in [9.17, 15) is 4.79 Å². The van der Waals surface area contributed by atoms with Gasteiger partial charge in [-0.15, -0.1) is 10.2 Å². The van der Waals surface area contributed by atoms with Crippen molar-refractivity contribution >= 4 is 5.78 Å². The Morgan fingerprint density at radius 3 is 1.71 bits per heavy atom. The first-order chi connectivity index (χ1) is 6.66. The third kappa shape index (κ3) is 1.39. The van der Waals surface area contributed by atoms with Crippen LogP contribution in [0, 0.1) is 13.8 Å². The lowest BCUT2D eigenvalue weighted by Gasteiger charge is -1.85. The largest absolute Gasteiger partial charge is 0.281 e. The van der Waals surface area contributed by atoms with Crippen molar-refractivity contribution in [3.63, 3.8) is 0 Å². The van der Waals surface area contributed by atoms with Crippen LogP contribution in [0.4, 0.5) is 0 Å². The number of aryl methyl sites for hydroxylation is 2. The minimum Gasteiger partial charge on any atom is -0.281 e. The predicted molar refractivity (Wildman–Crippen MR) is 45.7 cm³/mol. The molecule has 0 amide bonds. The van der Waals surface area contributed by atoms with Crippen molar-refractivity contribution in [2.75, 3.05) is 0 Å². The average Bonchev–Trinajstić information content (AvgIpc) is 2.73. The zero-order chi connectivity index (χ0) is 10.1. The fourth-order valence-corrected chi connectivity index (χ4v) is 0.989. The van der Waals surface area contributed by atoms with Crippen LogP contribution in [-0.4, -0.2) is 36.1 Å². The molecule has 7 heteroatoms. The lowest BCUT2D eigenvalue weighted by molar-refractivity contribution is 0.102. The molecular weight excluding hydrogens is 184 g/mol. The van der Waals surface area contributed by atoms with Gasteiger partial charge >= 0.3 is 0 Å². The molecule has 2 N–H and O–H groups in total. The number of ketones is 1. The van der Waals surface area contributed by atoms with Crippen LogP contribution in [0.5, 0.6) is 0 Å². The van der Waals surface area contributed by atoms with E-state index < -0.39 is 5.78 Å². The number of carbonyl (C=O) groups is 1. The molecular formula is C7H8N6O. The van der Waals surface area contributed by atoms with E-state index in [0.29, 0.717) is 11.6 Å². The van der Waals surface area contributed by atoms with E-state index in [1.165, 1.54) is 0 Å². The van der Waals surface area contributed by atoms with Crippen molar-refractivity contribution in [3.05, 3.63) is 23.3 Å². The molecule has 2 rings (SSSR count). The van der Waals surface area contributed by atoms with E-state index in [2.05, 4.69) is 30.4 Å². The first-order valence-electron chi connectivity index (χ1n) is 3.99. The maximum atomic E-state index is 11.6. The van der Waals surface area contributed by atoms with Gasteiger partial charge in [-0.25, -0.2) is 9.97 Å². The minimum absolute atomic E-state index is 0.0847. The fraction of sp³-hybridized carbons (Fsp3) is 0.286. The zero-order valence-electron chi connectivity index (χ0n) is 7.70. The van der Waals surface area contributed by atoms with Crippen LogP contribution in [0.2, 0.25) is 0 Å². The number of carbonyl (C=O) groups excluding carboxylic acids is 1. The predicted octanol–water partition coefficient (Wildman–Crippen LogP) is -0.229. The van der Waals surface area contributed by atoms with Crippen LogP contribution in [0.15, 0.2) is 0 Å². The van der Waals surface area contributed by atoms with Crippen LogP contribution >= 0.6 is 0 Å². The molecule has 0 aliphatic heterocycles. The van der Waals surface area contributed by atoms with E-state index >= 15 is 0 Å². The summed E-state index contributed by atoms with van der Waals surface area (Å²) in [5.41, 5.74) is 0. The molecule has 0 aliphatic rings. The van der Waals surface area contributed by atoms with Crippen LogP contribution in [-0.2, 0) is 0 Å². The van der Waals surface area contributed by atoms with Gasteiger partial charge in [0.2, 0.25) is 11.6 Å². The first-order valence-corrected chi connectivity index (χ1v) is 3.99. The van der Waals surface area contributed by atoms with E-state index in [4.69, 9.17) is 0 Å². The number of aromatic nitrogens is 6. The summed E-state index contributed by atoms with van der Waals surface area (Å²) >= 11 is 0. The second kappa shape index (κ2) is 3.02. The number of hydrogen-bond donors (Lipinski definition) is 2. The normalized spacial score (nSPS) is 10.4. The van der Waals surface area contributed by atoms with Gasteiger partial charge in [0.05, 0.1) is 0 Å². The molecule has 2 aromatic rings. The van der Waals surface area contributed by atoms with E-state index in [1.54, 1.807) is 13.8 Å². The molecule has 14 heavy (non-hydrogen) atoms. The molecule has 2 aromatic heterocycles. The second-order valence-electron chi connectivity index (χ2n) is 2.82. The molecule has 0 saturated heterocycles. The molecule has 2 heterocycles. The number of H-pyrrole nitrogens is 2. The Morgan fingerprint density at radius 2 is 1.43 bits per heavy atom. The van der Waals surface area contributed by atoms with Gasteiger partial charge in [-0.05, 0) is 13.8 Å². The highest BCUT2D eigenvalue weighted by Crippen LogP contribution is 2.00. The molecule has 0 unspecified atom stereocenters. The highest BCUT2D eigenvalue weighted by molar-refractivity contribution is 6.03. The summed E-state index contributed by atoms with van der Waals surface area (Å²) < 4.78 is 0. The lowest BCUT2D eigenvalue weighted by atomic mass is 10.3. The molecule has 0 spiro atoms. The van der Waals surface area contributed by atoms with Crippen molar-refractivity contribution < 1.29 is 4.79 Å². The maximum Gasteiger partial charge on any atom is 0.271 e. The molecule has 72 valence electrons. The number of rotatable bonds is 2. The highest BCUT2D eigenvalue weighted by Gasteiger charge is 2.17. The Hall–Kier alpha value is -2.05. The summed E-state index contributed by atoms with van der Waals surface area (Å²) in [6.45, 7) is 3.43. The minimum atomic E-state index is -0.390. The summed E-state index contributed by atoms with van der Waals surface area (Å²) in [6.07, 6.45) is 0. The van der Waals surface area contributed by atoms with Crippen molar-refractivity contribution in [3.8, 4) is 0 Å². The molecule has 0 saturated carbocycles. The Balaban J connectivity index is 2.33. The molecule has 7 nitrogen and oxygen atoms in total. The van der Waals surface area contributed by atoms with Gasteiger partial charge < -0.3 is 0 Å². The summed E-state index contributed by atoms with van der Waals surface area (Å²) in [5.74, 6) is 0.947. The van der Waals surface area contributed by atoms with Crippen LogP contribution in [0.1, 0.15) is 28.1 Å². The number of hydrogen-bond acceptors (Lipinski definition) is 5. The third-order valence-electron chi connectivity index (χ3n) is 1.60. The summed E-state index contributed by atoms with van der Waals surface area (Å²) in [5, 5.41) is 12.6. The topological polar surface area (TPSA) is 100 Å². The fourth-order valence-electron chi connectivity index (χ4n) is 0.989. The van der Waals surface area contributed by atoms with Crippen LogP contribution in [0.25, 0.3) is 0 Å². The lowest BCUT2D eigenvalue weighted by Crippen LogP contribution is -2.06. The number of nitrogens with zero attached hydrogens (tertiary/aromatic N) is 4. The van der Waals surface area contributed by atoms with Crippen molar-refractivity contribution in [2.45, 2.75) is 13.8 Å². The second-order valence-corrected chi connectivity index (χ2v) is 2.82. The van der Waals surface area contributed by atoms with E-state index in [0.717, 1.165) is 0 Å². The maximum absolute atomic E-state index is 11.6. The van der Waals surface area contributed by atoms with Gasteiger partial charge in [0, 0.05) is 0 Å². The van der Waals surface area contributed by atoms with Gasteiger partial charge in [-0.3, -0.25) is 15.0 Å². The summed E-state index contributed by atoms with van der Waals surface area (Å²) in [7, 11) is 0. The highest BCUT2D eigenvalue weighted by atomic mass is 16.1. The third-order valence-corrected chi connectivity index (χ3v) is 1.60. The quantitative estimate of drug-likeness (QED) is 0.640. The molecule has 0 bridgehead atoms. The van der Waals surface area contributed by atoms with Gasteiger partial charge in [0.15, 0.2) is 0 Å². The van der Waals surface area contributed by atoms with Crippen molar-refractivity contribution in [2.24, 2.45) is 0 Å². The van der Waals surface area contributed by atoms with Crippen LogP contribution in [0.3, 0.4) is 0 Å². The molecule has 0 radical (unpaired) electrons.